The summed E-state index contributed by atoms with van der Waals surface area (Å²) in [4.78, 5) is 42.9. The zero-order chi connectivity index (χ0) is 29.6. The minimum absolute atomic E-state index is 0.00137. The largest absolute Gasteiger partial charge is 0.370 e. The second kappa shape index (κ2) is 13.5. The van der Waals surface area contributed by atoms with Gasteiger partial charge >= 0.3 is 5.69 Å². The summed E-state index contributed by atoms with van der Waals surface area (Å²) in [5.41, 5.74) is 0.904. The first kappa shape index (κ1) is 29.8. The van der Waals surface area contributed by atoms with E-state index in [1.165, 1.54) is 21.4 Å². The summed E-state index contributed by atoms with van der Waals surface area (Å²) in [7, 11) is 3.14. The molecule has 3 atom stereocenters. The molecule has 3 heterocycles. The van der Waals surface area contributed by atoms with Crippen LogP contribution in [-0.4, -0.2) is 31.2 Å². The summed E-state index contributed by atoms with van der Waals surface area (Å²) >= 11 is 0. The predicted octanol–water partition coefficient (Wildman–Crippen LogP) is 5.75. The number of pyridine rings is 1. The fourth-order valence-corrected chi connectivity index (χ4v) is 6.68. The lowest BCUT2D eigenvalue weighted by Crippen LogP contribution is -2.42. The maximum absolute atomic E-state index is 13.6. The number of ether oxygens (including phenoxy) is 2. The number of hydrogen-bond acceptors (Lipinski definition) is 9. The van der Waals surface area contributed by atoms with Crippen LogP contribution in [0.4, 0.5) is 5.69 Å². The summed E-state index contributed by atoms with van der Waals surface area (Å²) in [5.74, 6) is 0. The van der Waals surface area contributed by atoms with Crippen LogP contribution in [0.3, 0.4) is 0 Å². The molecule has 0 N–H and O–H groups in total. The molecule has 218 valence electrons. The molecule has 0 bridgehead atoms. The Morgan fingerprint density at radius 3 is 2.55 bits per heavy atom. The van der Waals surface area contributed by atoms with E-state index in [0.717, 1.165) is 15.5 Å². The molecule has 2 aromatic heterocycles. The maximum atomic E-state index is 13.6. The molecule has 12 heteroatoms. The monoisotopic (exact) mass is 606 g/mol. The molecule has 1 saturated heterocycles. The zero-order valence-electron chi connectivity index (χ0n) is 23.1. The highest BCUT2D eigenvalue weighted by molar-refractivity contribution is 8.76. The number of aryl methyl sites for hydroxylation is 1. The van der Waals surface area contributed by atoms with Gasteiger partial charge in [-0.3, -0.25) is 24.0 Å². The van der Waals surface area contributed by atoms with E-state index in [2.05, 4.69) is 4.98 Å². The summed E-state index contributed by atoms with van der Waals surface area (Å²) in [6, 6.07) is 20.0. The Morgan fingerprint density at radius 2 is 1.83 bits per heavy atom. The van der Waals surface area contributed by atoms with E-state index in [0.29, 0.717) is 24.0 Å². The smallest absolute Gasteiger partial charge is 0.333 e. The topological polar surface area (TPSA) is 118 Å². The average Bonchev–Trinajstić information content (AvgIpc) is 3.43. The first-order chi connectivity index (χ1) is 20.3. The maximum Gasteiger partial charge on any atom is 0.333 e. The highest BCUT2D eigenvalue weighted by atomic mass is 33.1. The van der Waals surface area contributed by atoms with E-state index in [9.17, 15) is 19.7 Å². The summed E-state index contributed by atoms with van der Waals surface area (Å²) in [5, 5.41) is 12.3. The number of nitro benzene ring substituents is 1. The third-order valence-electron chi connectivity index (χ3n) is 7.03. The Balaban J connectivity index is 1.30. The van der Waals surface area contributed by atoms with Crippen LogP contribution < -0.4 is 11.2 Å². The van der Waals surface area contributed by atoms with Gasteiger partial charge in [0.15, 0.2) is 0 Å². The molecule has 0 saturated carbocycles. The number of para-hydroxylation sites is 1. The number of nitro groups is 1. The molecule has 4 aromatic rings. The molecule has 0 amide bonds. The normalized spacial score (nSPS) is 18.3. The molecule has 0 spiro atoms. The molecule has 1 aliphatic rings. The SMILES string of the molecule is CC[C@H]1O[C@@H](n2cc(C)c(=O)n(Cc3ccc(SSc4ccccn4)cc3)c2=O)CC1OCc1ccccc1[N+](=O)[O-]. The molecular formula is C30H30N4O6S2. The van der Waals surface area contributed by atoms with Crippen LogP contribution in [-0.2, 0) is 22.6 Å². The van der Waals surface area contributed by atoms with Crippen molar-refractivity contribution in [1.29, 1.82) is 0 Å². The zero-order valence-corrected chi connectivity index (χ0v) is 24.8. The van der Waals surface area contributed by atoms with Crippen LogP contribution in [0.2, 0.25) is 0 Å². The van der Waals surface area contributed by atoms with Gasteiger partial charge in [-0.05, 0) is 60.0 Å². The lowest BCUT2D eigenvalue weighted by molar-refractivity contribution is -0.386. The molecule has 1 fully saturated rings. The van der Waals surface area contributed by atoms with Crippen LogP contribution in [0.5, 0.6) is 0 Å². The molecule has 10 nitrogen and oxygen atoms in total. The highest BCUT2D eigenvalue weighted by Crippen LogP contribution is 2.36. The Bertz CT molecular complexity index is 1660. The Hall–Kier alpha value is -3.71. The lowest BCUT2D eigenvalue weighted by atomic mass is 10.1. The van der Waals surface area contributed by atoms with Gasteiger partial charge in [-0.2, -0.15) is 0 Å². The molecular weight excluding hydrogens is 576 g/mol. The molecule has 0 aliphatic carbocycles. The van der Waals surface area contributed by atoms with Crippen LogP contribution >= 0.6 is 21.6 Å². The van der Waals surface area contributed by atoms with E-state index in [1.54, 1.807) is 52.9 Å². The summed E-state index contributed by atoms with van der Waals surface area (Å²) in [6.45, 7) is 3.81. The number of aromatic nitrogens is 3. The van der Waals surface area contributed by atoms with Crippen LogP contribution in [0, 0.1) is 17.0 Å². The highest BCUT2D eigenvalue weighted by Gasteiger charge is 2.37. The van der Waals surface area contributed by atoms with Crippen molar-refractivity contribution in [2.45, 2.75) is 68.2 Å². The van der Waals surface area contributed by atoms with E-state index < -0.39 is 16.8 Å². The van der Waals surface area contributed by atoms with Crippen LogP contribution in [0.15, 0.2) is 98.6 Å². The van der Waals surface area contributed by atoms with Crippen molar-refractivity contribution < 1.29 is 14.4 Å². The summed E-state index contributed by atoms with van der Waals surface area (Å²) in [6.07, 6.45) is 2.98. The number of nitrogens with zero attached hydrogens (tertiary/aromatic N) is 4. The number of rotatable bonds is 11. The predicted molar refractivity (Wildman–Crippen MR) is 162 cm³/mol. The van der Waals surface area contributed by atoms with E-state index >= 15 is 0 Å². The third-order valence-corrected chi connectivity index (χ3v) is 9.33. The van der Waals surface area contributed by atoms with Crippen molar-refractivity contribution >= 4 is 27.3 Å². The van der Waals surface area contributed by atoms with Gasteiger partial charge in [0.2, 0.25) is 0 Å². The van der Waals surface area contributed by atoms with Gasteiger partial charge < -0.3 is 9.47 Å². The quantitative estimate of drug-likeness (QED) is 0.119. The van der Waals surface area contributed by atoms with Gasteiger partial charge in [0.25, 0.3) is 11.2 Å². The van der Waals surface area contributed by atoms with Crippen molar-refractivity contribution in [2.24, 2.45) is 0 Å². The fourth-order valence-electron chi connectivity index (χ4n) is 4.84. The standard InChI is InChI=1S/C30H30N4O6S2/c1-3-25-26(39-19-22-8-4-5-9-24(22)34(37)38)16-28(40-25)32-17-20(2)29(35)33(30(32)36)18-21-11-13-23(14-12-21)41-42-27-10-6-7-15-31-27/h4-15,17,25-26,28H,3,16,18-19H2,1-2H3/t25-,26?,28-/m1/s1. The van der Waals surface area contributed by atoms with Gasteiger partial charge in [-0.15, -0.1) is 0 Å². The van der Waals surface area contributed by atoms with Crippen molar-refractivity contribution in [3.05, 3.63) is 127 Å². The lowest BCUT2D eigenvalue weighted by Gasteiger charge is -2.18. The van der Waals surface area contributed by atoms with Gasteiger partial charge in [0.05, 0.1) is 35.8 Å². The molecule has 2 aromatic carbocycles. The first-order valence-electron chi connectivity index (χ1n) is 13.5. The second-order valence-electron chi connectivity index (χ2n) is 9.88. The van der Waals surface area contributed by atoms with E-state index in [4.69, 9.17) is 9.47 Å². The molecule has 0 radical (unpaired) electrons. The molecule has 1 aliphatic heterocycles. The van der Waals surface area contributed by atoms with Crippen LogP contribution in [0.1, 0.15) is 42.7 Å². The minimum Gasteiger partial charge on any atom is -0.370 e. The first-order valence-corrected chi connectivity index (χ1v) is 15.7. The Kier molecular flexibility index (Phi) is 9.58. The molecule has 42 heavy (non-hydrogen) atoms. The summed E-state index contributed by atoms with van der Waals surface area (Å²) < 4.78 is 15.0. The Morgan fingerprint density at radius 1 is 1.07 bits per heavy atom. The van der Waals surface area contributed by atoms with Crippen molar-refractivity contribution in [1.82, 2.24) is 14.1 Å². The van der Waals surface area contributed by atoms with Gasteiger partial charge in [-0.25, -0.2) is 9.78 Å². The van der Waals surface area contributed by atoms with Gasteiger partial charge in [-0.1, -0.05) is 48.0 Å². The number of benzene rings is 2. The average molecular weight is 607 g/mol. The fraction of sp³-hybridized carbons (Fsp3) is 0.300. The number of hydrogen-bond donors (Lipinski definition) is 0. The van der Waals surface area contributed by atoms with Gasteiger partial charge in [0.1, 0.15) is 11.3 Å². The van der Waals surface area contributed by atoms with Crippen LogP contribution in [0.25, 0.3) is 0 Å². The van der Waals surface area contributed by atoms with Crippen molar-refractivity contribution in [3.63, 3.8) is 0 Å². The van der Waals surface area contributed by atoms with E-state index in [1.807, 2.05) is 49.4 Å². The minimum atomic E-state index is -0.633. The second-order valence-corrected chi connectivity index (χ2v) is 12.1. The third kappa shape index (κ3) is 6.84. The Labute approximate surface area is 250 Å². The molecule has 1 unspecified atom stereocenters. The van der Waals surface area contributed by atoms with E-state index in [-0.39, 0.29) is 36.6 Å². The molecule has 5 rings (SSSR count). The van der Waals surface area contributed by atoms with Crippen molar-refractivity contribution in [3.8, 4) is 0 Å². The van der Waals surface area contributed by atoms with Crippen molar-refractivity contribution in [2.75, 3.05) is 0 Å². The van der Waals surface area contributed by atoms with Gasteiger partial charge in [0, 0.05) is 35.3 Å².